The summed E-state index contributed by atoms with van der Waals surface area (Å²) in [5.74, 6) is -1.36. The predicted molar refractivity (Wildman–Crippen MR) is 84.7 cm³/mol. The molecular formula is C17H12ClF3N2O2. The Balaban J connectivity index is 2.01. The summed E-state index contributed by atoms with van der Waals surface area (Å²) in [5, 5.41) is 2.28. The number of urea groups is 1. The molecule has 2 aromatic carbocycles. The van der Waals surface area contributed by atoms with Crippen LogP contribution >= 0.6 is 11.6 Å². The molecule has 0 spiro atoms. The van der Waals surface area contributed by atoms with E-state index in [2.05, 4.69) is 0 Å². The number of amides is 3. The normalized spacial score (nSPS) is 20.7. The fourth-order valence-electron chi connectivity index (χ4n) is 2.73. The van der Waals surface area contributed by atoms with Crippen LogP contribution in [0.5, 0.6) is 0 Å². The van der Waals surface area contributed by atoms with Crippen LogP contribution in [0.4, 0.5) is 18.0 Å². The van der Waals surface area contributed by atoms with Crippen LogP contribution in [0.1, 0.15) is 11.1 Å². The molecule has 4 nitrogen and oxygen atoms in total. The number of hydrogen-bond donors (Lipinski definition) is 1. The van der Waals surface area contributed by atoms with Gasteiger partial charge in [-0.1, -0.05) is 54.1 Å². The molecular weight excluding hydrogens is 357 g/mol. The van der Waals surface area contributed by atoms with Gasteiger partial charge in [0.15, 0.2) is 0 Å². The topological polar surface area (TPSA) is 49.4 Å². The number of nitrogens with zero attached hydrogens (tertiary/aromatic N) is 1. The molecule has 0 radical (unpaired) electrons. The van der Waals surface area contributed by atoms with Crippen molar-refractivity contribution in [2.45, 2.75) is 18.3 Å². The third-order valence-electron chi connectivity index (χ3n) is 3.99. The summed E-state index contributed by atoms with van der Waals surface area (Å²) in [6.07, 6.45) is -4.99. The minimum absolute atomic E-state index is 0.285. The molecule has 1 atom stereocenters. The Labute approximate surface area is 146 Å². The highest BCUT2D eigenvalue weighted by atomic mass is 35.5. The van der Waals surface area contributed by atoms with Gasteiger partial charge in [0.2, 0.25) is 5.54 Å². The monoisotopic (exact) mass is 368 g/mol. The van der Waals surface area contributed by atoms with Crippen molar-refractivity contribution in [3.05, 3.63) is 70.7 Å². The Kier molecular flexibility index (Phi) is 4.20. The van der Waals surface area contributed by atoms with Crippen LogP contribution < -0.4 is 5.32 Å². The van der Waals surface area contributed by atoms with E-state index >= 15 is 0 Å². The molecule has 130 valence electrons. The smallest absolute Gasteiger partial charge is 0.312 e. The van der Waals surface area contributed by atoms with E-state index in [9.17, 15) is 22.8 Å². The molecule has 8 heteroatoms. The summed E-state index contributed by atoms with van der Waals surface area (Å²) >= 11 is 5.76. The molecule has 0 bridgehead atoms. The molecule has 3 rings (SSSR count). The molecule has 0 aliphatic carbocycles. The summed E-state index contributed by atoms with van der Waals surface area (Å²) in [7, 11) is 0. The summed E-state index contributed by atoms with van der Waals surface area (Å²) in [6, 6.07) is 11.7. The summed E-state index contributed by atoms with van der Waals surface area (Å²) in [5.41, 5.74) is -2.93. The first kappa shape index (κ1) is 17.3. The fraction of sp³-hybridized carbons (Fsp3) is 0.176. The van der Waals surface area contributed by atoms with E-state index in [0.29, 0.717) is 15.5 Å². The van der Waals surface area contributed by atoms with Gasteiger partial charge in [-0.2, -0.15) is 13.2 Å². The number of halogens is 4. The second kappa shape index (κ2) is 6.07. The summed E-state index contributed by atoms with van der Waals surface area (Å²) in [4.78, 5) is 25.4. The Morgan fingerprint density at radius 3 is 2.16 bits per heavy atom. The van der Waals surface area contributed by atoms with Crippen molar-refractivity contribution in [1.82, 2.24) is 10.2 Å². The maximum absolute atomic E-state index is 13.8. The number of rotatable bonds is 3. The lowest BCUT2D eigenvalue weighted by Crippen LogP contribution is -2.55. The van der Waals surface area contributed by atoms with Gasteiger partial charge in [0.25, 0.3) is 5.91 Å². The molecule has 1 N–H and O–H groups in total. The molecule has 1 aliphatic heterocycles. The van der Waals surface area contributed by atoms with E-state index in [4.69, 9.17) is 11.6 Å². The zero-order chi connectivity index (χ0) is 18.2. The van der Waals surface area contributed by atoms with E-state index in [1.807, 2.05) is 5.32 Å². The number of alkyl halides is 3. The van der Waals surface area contributed by atoms with Crippen LogP contribution in [-0.2, 0) is 16.9 Å². The fourth-order valence-corrected chi connectivity index (χ4v) is 2.86. The lowest BCUT2D eigenvalue weighted by Gasteiger charge is -2.29. The standard InChI is InChI=1S/C17H12ClF3N2O2/c18-13-8-6-11(7-9-13)10-23-14(24)16(17(19,20)21,22-15(23)25)12-4-2-1-3-5-12/h1-9H,10H2,(H,22,25). The number of hydrogen-bond acceptors (Lipinski definition) is 2. The van der Waals surface area contributed by atoms with Gasteiger partial charge in [0, 0.05) is 5.02 Å². The second-order valence-electron chi connectivity index (χ2n) is 5.56. The highest BCUT2D eigenvalue weighted by Gasteiger charge is 2.68. The summed E-state index contributed by atoms with van der Waals surface area (Å²) < 4.78 is 41.4. The third kappa shape index (κ3) is 2.84. The van der Waals surface area contributed by atoms with Crippen LogP contribution in [0, 0.1) is 0 Å². The van der Waals surface area contributed by atoms with Crippen molar-refractivity contribution in [3.63, 3.8) is 0 Å². The van der Waals surface area contributed by atoms with Gasteiger partial charge >= 0.3 is 12.2 Å². The Morgan fingerprint density at radius 2 is 1.60 bits per heavy atom. The van der Waals surface area contributed by atoms with Gasteiger partial charge < -0.3 is 5.32 Å². The van der Waals surface area contributed by atoms with Crippen molar-refractivity contribution in [3.8, 4) is 0 Å². The number of nitrogens with one attached hydrogen (secondary N) is 1. The van der Waals surface area contributed by atoms with E-state index in [1.54, 1.807) is 12.1 Å². The van der Waals surface area contributed by atoms with Crippen LogP contribution in [-0.4, -0.2) is 23.0 Å². The zero-order valence-corrected chi connectivity index (χ0v) is 13.4. The minimum Gasteiger partial charge on any atom is -0.312 e. The van der Waals surface area contributed by atoms with Gasteiger partial charge in [-0.25, -0.2) is 4.79 Å². The average molecular weight is 369 g/mol. The highest BCUT2D eigenvalue weighted by molar-refractivity contribution is 6.30. The maximum atomic E-state index is 13.8. The second-order valence-corrected chi connectivity index (χ2v) is 6.00. The third-order valence-corrected chi connectivity index (χ3v) is 4.24. The van der Waals surface area contributed by atoms with Crippen LogP contribution in [0.25, 0.3) is 0 Å². The summed E-state index contributed by atoms with van der Waals surface area (Å²) in [6.45, 7) is -0.285. The molecule has 25 heavy (non-hydrogen) atoms. The largest absolute Gasteiger partial charge is 0.425 e. The van der Waals surface area contributed by atoms with Gasteiger partial charge in [-0.3, -0.25) is 9.69 Å². The van der Waals surface area contributed by atoms with Crippen LogP contribution in [0.15, 0.2) is 54.6 Å². The Morgan fingerprint density at radius 1 is 1.00 bits per heavy atom. The highest BCUT2D eigenvalue weighted by Crippen LogP contribution is 2.43. The minimum atomic E-state index is -4.99. The molecule has 1 heterocycles. The molecule has 1 fully saturated rings. The average Bonchev–Trinajstić information content (AvgIpc) is 2.83. The first-order valence-corrected chi connectivity index (χ1v) is 7.64. The predicted octanol–water partition coefficient (Wildman–Crippen LogP) is 3.85. The van der Waals surface area contributed by atoms with Crippen molar-refractivity contribution < 1.29 is 22.8 Å². The van der Waals surface area contributed by atoms with Gasteiger partial charge in [0.1, 0.15) is 0 Å². The lowest BCUT2D eigenvalue weighted by atomic mass is 9.89. The first-order valence-electron chi connectivity index (χ1n) is 7.26. The maximum Gasteiger partial charge on any atom is 0.425 e. The molecule has 1 unspecified atom stereocenters. The quantitative estimate of drug-likeness (QED) is 0.837. The van der Waals surface area contributed by atoms with E-state index in [-0.39, 0.29) is 12.1 Å². The molecule has 2 aromatic rings. The first-order chi connectivity index (χ1) is 11.8. The van der Waals surface area contributed by atoms with E-state index < -0.39 is 23.7 Å². The number of carbonyl (C=O) groups excluding carboxylic acids is 2. The van der Waals surface area contributed by atoms with Crippen molar-refractivity contribution in [1.29, 1.82) is 0 Å². The molecule has 3 amide bonds. The number of carbonyl (C=O) groups is 2. The Bertz CT molecular complexity index is 809. The number of benzene rings is 2. The Hall–Kier alpha value is -2.54. The molecule has 0 saturated carbocycles. The zero-order valence-electron chi connectivity index (χ0n) is 12.7. The van der Waals surface area contributed by atoms with Gasteiger partial charge in [-0.05, 0) is 23.3 Å². The van der Waals surface area contributed by atoms with E-state index in [1.165, 1.54) is 30.3 Å². The molecule has 0 aromatic heterocycles. The van der Waals surface area contributed by atoms with E-state index in [0.717, 1.165) is 12.1 Å². The lowest BCUT2D eigenvalue weighted by molar-refractivity contribution is -0.198. The number of imide groups is 1. The van der Waals surface area contributed by atoms with Gasteiger partial charge in [0.05, 0.1) is 6.54 Å². The van der Waals surface area contributed by atoms with Crippen molar-refractivity contribution >= 4 is 23.5 Å². The molecule has 1 aliphatic rings. The van der Waals surface area contributed by atoms with Crippen molar-refractivity contribution in [2.75, 3.05) is 0 Å². The van der Waals surface area contributed by atoms with Crippen LogP contribution in [0.2, 0.25) is 5.02 Å². The van der Waals surface area contributed by atoms with Gasteiger partial charge in [-0.15, -0.1) is 0 Å². The van der Waals surface area contributed by atoms with Crippen LogP contribution in [0.3, 0.4) is 0 Å². The van der Waals surface area contributed by atoms with Crippen molar-refractivity contribution in [2.24, 2.45) is 0 Å². The SMILES string of the molecule is O=C1NC(c2ccccc2)(C(F)(F)F)C(=O)N1Cc1ccc(Cl)cc1. The molecule has 1 saturated heterocycles.